The van der Waals surface area contributed by atoms with Crippen LogP contribution in [0.5, 0.6) is 0 Å². The summed E-state index contributed by atoms with van der Waals surface area (Å²) in [6.07, 6.45) is 0.206. The minimum Gasteiger partial charge on any atom is -0.337 e. The zero-order valence-corrected chi connectivity index (χ0v) is 14.8. The van der Waals surface area contributed by atoms with Crippen LogP contribution in [0.3, 0.4) is 0 Å². The van der Waals surface area contributed by atoms with Crippen molar-refractivity contribution in [3.8, 4) is 11.5 Å². The number of rotatable bonds is 4. The monoisotopic (exact) mass is 389 g/mol. The molecule has 138 valence electrons. The van der Waals surface area contributed by atoms with Gasteiger partial charge in [-0.2, -0.15) is 4.98 Å². The number of nitrogens with zero attached hydrogens (tertiary/aromatic N) is 3. The van der Waals surface area contributed by atoms with E-state index >= 15 is 0 Å². The SMILES string of the molecule is O=C1CC(c2noc(-c3cccc(Cl)c3)n2)CN1Cc1ccc(F)cc1F. The number of amides is 1. The molecular weight excluding hydrogens is 376 g/mol. The molecule has 1 aliphatic heterocycles. The molecule has 5 nitrogen and oxygen atoms in total. The fourth-order valence-electron chi connectivity index (χ4n) is 3.09. The maximum absolute atomic E-state index is 13.8. The topological polar surface area (TPSA) is 59.2 Å². The summed E-state index contributed by atoms with van der Waals surface area (Å²) in [5.41, 5.74) is 0.953. The van der Waals surface area contributed by atoms with Gasteiger partial charge in [-0.3, -0.25) is 4.79 Å². The number of carbonyl (C=O) groups excluding carboxylic acids is 1. The molecule has 1 aliphatic rings. The van der Waals surface area contributed by atoms with Crippen molar-refractivity contribution in [1.82, 2.24) is 15.0 Å². The summed E-state index contributed by atoms with van der Waals surface area (Å²) < 4.78 is 32.2. The van der Waals surface area contributed by atoms with Crippen molar-refractivity contribution >= 4 is 17.5 Å². The second kappa shape index (κ2) is 7.08. The summed E-state index contributed by atoms with van der Waals surface area (Å²) in [4.78, 5) is 18.2. The maximum Gasteiger partial charge on any atom is 0.257 e. The van der Waals surface area contributed by atoms with Gasteiger partial charge >= 0.3 is 0 Å². The number of halogens is 3. The predicted octanol–water partition coefficient (Wildman–Crippen LogP) is 4.18. The highest BCUT2D eigenvalue weighted by atomic mass is 35.5. The normalized spacial score (nSPS) is 16.9. The lowest BCUT2D eigenvalue weighted by molar-refractivity contribution is -0.128. The molecule has 0 aliphatic carbocycles. The third kappa shape index (κ3) is 3.68. The highest BCUT2D eigenvalue weighted by molar-refractivity contribution is 6.30. The first kappa shape index (κ1) is 17.6. The Hall–Kier alpha value is -2.80. The first-order valence-electron chi connectivity index (χ1n) is 8.31. The van der Waals surface area contributed by atoms with Crippen LogP contribution in [-0.2, 0) is 11.3 Å². The smallest absolute Gasteiger partial charge is 0.257 e. The molecule has 1 saturated heterocycles. The predicted molar refractivity (Wildman–Crippen MR) is 93.9 cm³/mol. The van der Waals surface area contributed by atoms with Crippen molar-refractivity contribution in [2.75, 3.05) is 6.54 Å². The highest BCUT2D eigenvalue weighted by Gasteiger charge is 2.34. The van der Waals surface area contributed by atoms with E-state index in [1.54, 1.807) is 24.3 Å². The fraction of sp³-hybridized carbons (Fsp3) is 0.211. The maximum atomic E-state index is 13.8. The third-order valence-corrected chi connectivity index (χ3v) is 4.70. The summed E-state index contributed by atoms with van der Waals surface area (Å²) >= 11 is 5.97. The van der Waals surface area contributed by atoms with Crippen LogP contribution in [0.1, 0.15) is 23.7 Å². The molecule has 1 aromatic heterocycles. The molecule has 1 atom stereocenters. The molecule has 2 aromatic carbocycles. The highest BCUT2D eigenvalue weighted by Crippen LogP contribution is 2.30. The average Bonchev–Trinajstić information content (AvgIpc) is 3.25. The van der Waals surface area contributed by atoms with E-state index < -0.39 is 11.6 Å². The van der Waals surface area contributed by atoms with Gasteiger partial charge in [-0.1, -0.05) is 28.9 Å². The molecule has 0 spiro atoms. The van der Waals surface area contributed by atoms with Crippen LogP contribution in [0.2, 0.25) is 5.02 Å². The summed E-state index contributed by atoms with van der Waals surface area (Å²) in [6, 6.07) is 10.4. The Labute approximate surface area is 158 Å². The van der Waals surface area contributed by atoms with Crippen LogP contribution < -0.4 is 0 Å². The molecule has 3 aromatic rings. The molecule has 0 bridgehead atoms. The fourth-order valence-corrected chi connectivity index (χ4v) is 3.28. The summed E-state index contributed by atoms with van der Waals surface area (Å²) in [6.45, 7) is 0.407. The Bertz CT molecular complexity index is 1010. The van der Waals surface area contributed by atoms with E-state index in [1.807, 2.05) is 0 Å². The number of likely N-dealkylation sites (tertiary alicyclic amines) is 1. The molecule has 1 fully saturated rings. The first-order valence-corrected chi connectivity index (χ1v) is 8.68. The Morgan fingerprint density at radius 2 is 2.07 bits per heavy atom. The van der Waals surface area contributed by atoms with E-state index in [0.717, 1.165) is 6.07 Å². The summed E-state index contributed by atoms with van der Waals surface area (Å²) in [5.74, 6) is -0.977. The van der Waals surface area contributed by atoms with Gasteiger partial charge in [0.2, 0.25) is 5.91 Å². The molecule has 0 radical (unpaired) electrons. The van der Waals surface area contributed by atoms with Crippen LogP contribution >= 0.6 is 11.6 Å². The standard InChI is InChI=1S/C19H14ClF2N3O2/c20-14-3-1-2-11(6-14)19-23-18(24-27-19)13-7-17(26)25(10-13)9-12-4-5-15(21)8-16(12)22/h1-6,8,13H,7,9-10H2. The average molecular weight is 390 g/mol. The molecule has 0 N–H and O–H groups in total. The zero-order chi connectivity index (χ0) is 19.0. The van der Waals surface area contributed by atoms with Crippen molar-refractivity contribution in [2.45, 2.75) is 18.9 Å². The van der Waals surface area contributed by atoms with Gasteiger partial charge in [0.1, 0.15) is 11.6 Å². The van der Waals surface area contributed by atoms with E-state index in [-0.39, 0.29) is 30.4 Å². The minimum atomic E-state index is -0.672. The van der Waals surface area contributed by atoms with Gasteiger partial charge in [0.05, 0.1) is 0 Å². The number of benzene rings is 2. The second-order valence-corrected chi connectivity index (χ2v) is 6.82. The number of carbonyl (C=O) groups is 1. The van der Waals surface area contributed by atoms with Gasteiger partial charge in [0, 0.05) is 47.6 Å². The Balaban J connectivity index is 1.49. The van der Waals surface area contributed by atoms with Crippen LogP contribution in [0.4, 0.5) is 8.78 Å². The largest absolute Gasteiger partial charge is 0.337 e. The Morgan fingerprint density at radius 3 is 2.85 bits per heavy atom. The van der Waals surface area contributed by atoms with Crippen LogP contribution in [0.25, 0.3) is 11.5 Å². The van der Waals surface area contributed by atoms with Crippen molar-refractivity contribution in [1.29, 1.82) is 0 Å². The molecule has 2 heterocycles. The zero-order valence-electron chi connectivity index (χ0n) is 14.0. The van der Waals surface area contributed by atoms with Gasteiger partial charge in [0.25, 0.3) is 5.89 Å². The molecule has 1 amide bonds. The number of aromatic nitrogens is 2. The van der Waals surface area contributed by atoms with Crippen LogP contribution in [0, 0.1) is 11.6 Å². The molecule has 1 unspecified atom stereocenters. The summed E-state index contributed by atoms with van der Waals surface area (Å²) in [7, 11) is 0. The van der Waals surface area contributed by atoms with E-state index in [4.69, 9.17) is 16.1 Å². The van der Waals surface area contributed by atoms with Crippen molar-refractivity contribution < 1.29 is 18.1 Å². The second-order valence-electron chi connectivity index (χ2n) is 6.38. The Morgan fingerprint density at radius 1 is 1.22 bits per heavy atom. The van der Waals surface area contributed by atoms with Crippen LogP contribution in [0.15, 0.2) is 47.0 Å². The van der Waals surface area contributed by atoms with Crippen molar-refractivity contribution in [2.24, 2.45) is 0 Å². The first-order chi connectivity index (χ1) is 13.0. The van der Waals surface area contributed by atoms with E-state index in [0.29, 0.717) is 28.8 Å². The number of hydrogen-bond acceptors (Lipinski definition) is 4. The molecule has 27 heavy (non-hydrogen) atoms. The van der Waals surface area contributed by atoms with Gasteiger partial charge < -0.3 is 9.42 Å². The van der Waals surface area contributed by atoms with Gasteiger partial charge in [0.15, 0.2) is 5.82 Å². The van der Waals surface area contributed by atoms with E-state index in [2.05, 4.69) is 10.1 Å². The third-order valence-electron chi connectivity index (χ3n) is 4.47. The lowest BCUT2D eigenvalue weighted by Crippen LogP contribution is -2.25. The number of hydrogen-bond donors (Lipinski definition) is 0. The van der Waals surface area contributed by atoms with Crippen molar-refractivity contribution in [3.05, 3.63) is 70.5 Å². The van der Waals surface area contributed by atoms with Gasteiger partial charge in [-0.25, -0.2) is 8.78 Å². The molecule has 4 rings (SSSR count). The van der Waals surface area contributed by atoms with E-state index in [1.165, 1.54) is 17.0 Å². The lowest BCUT2D eigenvalue weighted by Gasteiger charge is -2.16. The lowest BCUT2D eigenvalue weighted by atomic mass is 10.1. The molecule has 0 saturated carbocycles. The quantitative estimate of drug-likeness (QED) is 0.671. The van der Waals surface area contributed by atoms with E-state index in [9.17, 15) is 13.6 Å². The van der Waals surface area contributed by atoms with Gasteiger partial charge in [-0.15, -0.1) is 0 Å². The molecular formula is C19H14ClF2N3O2. The summed E-state index contributed by atoms with van der Waals surface area (Å²) in [5, 5.41) is 4.53. The minimum absolute atomic E-state index is 0.0699. The van der Waals surface area contributed by atoms with Crippen LogP contribution in [-0.4, -0.2) is 27.5 Å². The molecule has 8 heteroatoms. The Kier molecular flexibility index (Phi) is 4.61. The van der Waals surface area contributed by atoms with Crippen molar-refractivity contribution in [3.63, 3.8) is 0 Å². The van der Waals surface area contributed by atoms with Gasteiger partial charge in [-0.05, 0) is 24.3 Å².